The highest BCUT2D eigenvalue weighted by Gasteiger charge is 2.74. The zero-order valence-electron chi connectivity index (χ0n) is 20.9. The molecule has 7 rings (SSSR count). The van der Waals surface area contributed by atoms with Crippen molar-refractivity contribution >= 4 is 17.3 Å². The number of oxime groups is 1. The molecule has 0 aromatic heterocycles. The van der Waals surface area contributed by atoms with Gasteiger partial charge in [-0.05, 0) is 69.2 Å². The SMILES string of the molecule is Cc1cccc(NC(=O)CO/N=C2\CC[C@H]3[C@@]45C=C[C@]6(C[C@@H](O)CC[C@]6(C)[C@@H]4CC[C@]23C)OO5)c1. The molecule has 35 heavy (non-hydrogen) atoms. The minimum absolute atomic E-state index is 0.0508. The van der Waals surface area contributed by atoms with Crippen molar-refractivity contribution in [2.75, 3.05) is 11.9 Å². The lowest BCUT2D eigenvalue weighted by atomic mass is 9.43. The van der Waals surface area contributed by atoms with Crippen molar-refractivity contribution in [3.05, 3.63) is 42.0 Å². The van der Waals surface area contributed by atoms with Crippen LogP contribution in [0.2, 0.25) is 0 Å². The summed E-state index contributed by atoms with van der Waals surface area (Å²) in [5, 5.41) is 17.8. The molecule has 2 bridgehead atoms. The van der Waals surface area contributed by atoms with Crippen LogP contribution in [-0.4, -0.2) is 40.6 Å². The first-order valence-electron chi connectivity index (χ1n) is 13.0. The van der Waals surface area contributed by atoms with Crippen molar-refractivity contribution in [3.63, 3.8) is 0 Å². The van der Waals surface area contributed by atoms with E-state index in [0.29, 0.717) is 12.3 Å². The van der Waals surface area contributed by atoms with Crippen LogP contribution in [0.4, 0.5) is 5.69 Å². The molecule has 4 aliphatic carbocycles. The first kappa shape index (κ1) is 23.2. The fourth-order valence-electron chi connectivity index (χ4n) is 8.13. The van der Waals surface area contributed by atoms with E-state index in [2.05, 4.69) is 36.5 Å². The Kier molecular flexibility index (Phi) is 5.23. The number of nitrogens with one attached hydrogen (secondary N) is 1. The van der Waals surface area contributed by atoms with E-state index >= 15 is 0 Å². The van der Waals surface area contributed by atoms with E-state index in [9.17, 15) is 9.90 Å². The topological polar surface area (TPSA) is 89.4 Å². The summed E-state index contributed by atoms with van der Waals surface area (Å²) in [6.07, 6.45) is 10.3. The van der Waals surface area contributed by atoms with Crippen LogP contribution in [0, 0.1) is 29.6 Å². The molecule has 2 heterocycles. The minimum atomic E-state index is -0.534. The van der Waals surface area contributed by atoms with Gasteiger partial charge in [-0.1, -0.05) is 37.2 Å². The van der Waals surface area contributed by atoms with Crippen LogP contribution in [0.15, 0.2) is 41.6 Å². The predicted octanol–water partition coefficient (Wildman–Crippen LogP) is 4.69. The Morgan fingerprint density at radius 1 is 1.17 bits per heavy atom. The number of benzene rings is 1. The summed E-state index contributed by atoms with van der Waals surface area (Å²) in [6, 6.07) is 7.70. The van der Waals surface area contributed by atoms with E-state index in [1.165, 1.54) is 0 Å². The Labute approximate surface area is 206 Å². The molecule has 1 amide bonds. The van der Waals surface area contributed by atoms with Crippen LogP contribution in [0.5, 0.6) is 0 Å². The van der Waals surface area contributed by atoms with Gasteiger partial charge in [0.25, 0.3) is 5.91 Å². The molecule has 2 aliphatic heterocycles. The second-order valence-corrected chi connectivity index (χ2v) is 11.9. The lowest BCUT2D eigenvalue weighted by molar-refractivity contribution is -0.496. The van der Waals surface area contributed by atoms with E-state index in [0.717, 1.165) is 55.5 Å². The molecule has 7 heteroatoms. The van der Waals surface area contributed by atoms with Crippen molar-refractivity contribution in [1.29, 1.82) is 0 Å². The molecular formula is C28H36N2O5. The summed E-state index contributed by atoms with van der Waals surface area (Å²) in [4.78, 5) is 30.5. The normalized spacial score (nSPS) is 44.5. The van der Waals surface area contributed by atoms with E-state index in [1.54, 1.807) is 0 Å². The molecule has 1 aromatic carbocycles. The van der Waals surface area contributed by atoms with Crippen LogP contribution in [-0.2, 0) is 19.4 Å². The second kappa shape index (κ2) is 7.89. The molecule has 0 radical (unpaired) electrons. The molecule has 1 aromatic rings. The summed E-state index contributed by atoms with van der Waals surface area (Å²) in [6.45, 7) is 6.48. The largest absolute Gasteiger partial charge is 0.393 e. The van der Waals surface area contributed by atoms with Gasteiger partial charge >= 0.3 is 0 Å². The average molecular weight is 481 g/mol. The maximum Gasteiger partial charge on any atom is 0.265 e. The van der Waals surface area contributed by atoms with E-state index < -0.39 is 11.2 Å². The van der Waals surface area contributed by atoms with Crippen LogP contribution in [0.1, 0.15) is 64.4 Å². The molecule has 7 nitrogen and oxygen atoms in total. The number of carbonyl (C=O) groups excluding carboxylic acids is 1. The summed E-state index contributed by atoms with van der Waals surface area (Å²) in [5.41, 5.74) is 1.63. The average Bonchev–Trinajstić information content (AvgIpc) is 3.16. The zero-order chi connectivity index (χ0) is 24.5. The number of aryl methyl sites for hydroxylation is 1. The Bertz CT molecular complexity index is 1100. The van der Waals surface area contributed by atoms with Crippen molar-refractivity contribution < 1.29 is 24.5 Å². The Morgan fingerprint density at radius 3 is 2.80 bits per heavy atom. The monoisotopic (exact) mass is 480 g/mol. The van der Waals surface area contributed by atoms with Gasteiger partial charge in [0.15, 0.2) is 6.61 Å². The van der Waals surface area contributed by atoms with Gasteiger partial charge in [-0.2, -0.15) is 0 Å². The second-order valence-electron chi connectivity index (χ2n) is 11.9. The number of hydrogen-bond acceptors (Lipinski definition) is 6. The number of hydrogen-bond donors (Lipinski definition) is 2. The number of anilines is 1. The fourth-order valence-corrected chi connectivity index (χ4v) is 8.13. The first-order chi connectivity index (χ1) is 16.7. The van der Waals surface area contributed by atoms with Gasteiger partial charge in [-0.15, -0.1) is 0 Å². The number of fused-ring (bicyclic) bond motifs is 2. The predicted molar refractivity (Wildman–Crippen MR) is 131 cm³/mol. The third-order valence-electron chi connectivity index (χ3n) is 10.0. The third kappa shape index (κ3) is 3.27. The lowest BCUT2D eigenvalue weighted by Gasteiger charge is -2.69. The van der Waals surface area contributed by atoms with Gasteiger partial charge in [0, 0.05) is 34.8 Å². The number of nitrogens with zero attached hydrogens (tertiary/aromatic N) is 1. The molecule has 188 valence electrons. The smallest absolute Gasteiger partial charge is 0.265 e. The van der Waals surface area contributed by atoms with Crippen LogP contribution in [0.25, 0.3) is 0 Å². The van der Waals surface area contributed by atoms with Gasteiger partial charge in [-0.3, -0.25) is 4.79 Å². The lowest BCUT2D eigenvalue weighted by Crippen LogP contribution is -2.73. The van der Waals surface area contributed by atoms with Gasteiger partial charge < -0.3 is 15.3 Å². The quantitative estimate of drug-likeness (QED) is 0.371. The number of aliphatic hydroxyl groups is 1. The molecular weight excluding hydrogens is 444 g/mol. The summed E-state index contributed by atoms with van der Waals surface area (Å²) < 4.78 is 0. The zero-order valence-corrected chi connectivity index (χ0v) is 20.9. The third-order valence-corrected chi connectivity index (χ3v) is 10.0. The molecule has 3 saturated carbocycles. The molecule has 4 fully saturated rings. The molecule has 7 atom stereocenters. The number of aliphatic hydroxyl groups excluding tert-OH is 1. The van der Waals surface area contributed by atoms with Gasteiger partial charge in [0.1, 0.15) is 11.2 Å². The Balaban J connectivity index is 1.19. The van der Waals surface area contributed by atoms with E-state index in [1.807, 2.05) is 31.2 Å². The molecule has 2 N–H and O–H groups in total. The number of carbonyl (C=O) groups is 1. The van der Waals surface area contributed by atoms with Crippen molar-refractivity contribution in [3.8, 4) is 0 Å². The molecule has 0 unspecified atom stereocenters. The highest BCUT2D eigenvalue weighted by Crippen LogP contribution is 2.70. The van der Waals surface area contributed by atoms with E-state index in [4.69, 9.17) is 14.6 Å². The highest BCUT2D eigenvalue weighted by molar-refractivity contribution is 5.93. The molecule has 2 spiro atoms. The van der Waals surface area contributed by atoms with Crippen LogP contribution >= 0.6 is 0 Å². The minimum Gasteiger partial charge on any atom is -0.393 e. The van der Waals surface area contributed by atoms with Crippen LogP contribution in [0.3, 0.4) is 0 Å². The summed E-state index contributed by atoms with van der Waals surface area (Å²) >= 11 is 0. The first-order valence-corrected chi connectivity index (χ1v) is 13.0. The van der Waals surface area contributed by atoms with Crippen LogP contribution < -0.4 is 5.32 Å². The van der Waals surface area contributed by atoms with Gasteiger partial charge in [0.05, 0.1) is 11.8 Å². The maximum absolute atomic E-state index is 12.4. The Hall–Kier alpha value is -2.22. The number of amides is 1. The number of rotatable bonds is 4. The van der Waals surface area contributed by atoms with Gasteiger partial charge in [0.2, 0.25) is 0 Å². The fraction of sp³-hybridized carbons (Fsp3) is 0.643. The van der Waals surface area contributed by atoms with E-state index in [-0.39, 0.29) is 35.4 Å². The molecule has 1 saturated heterocycles. The summed E-state index contributed by atoms with van der Waals surface area (Å²) in [5.74, 6) is 0.361. The highest BCUT2D eigenvalue weighted by atomic mass is 17.2. The standard InChI is InChI=1S/C28H36N2O5/c1-18-5-4-6-19(15-18)29-24(32)17-33-30-23-8-7-21-25(23,2)11-10-22-26(3)12-9-20(31)16-27(26)13-14-28(21,22)35-34-27/h4-6,13-15,20-22,31H,7-12,16-17H2,1-3H3,(H,29,32)/b30-23+/t20-,21+,22-,25-,26+,27+,28-/m0/s1. The maximum atomic E-state index is 12.4. The van der Waals surface area contributed by atoms with Crippen molar-refractivity contribution in [2.24, 2.45) is 27.8 Å². The van der Waals surface area contributed by atoms with Crippen molar-refractivity contribution in [2.45, 2.75) is 83.0 Å². The van der Waals surface area contributed by atoms with Gasteiger partial charge in [-0.25, -0.2) is 9.78 Å². The van der Waals surface area contributed by atoms with Crippen molar-refractivity contribution in [1.82, 2.24) is 0 Å². The Morgan fingerprint density at radius 2 is 2.03 bits per heavy atom. The molecule has 6 aliphatic rings. The summed E-state index contributed by atoms with van der Waals surface area (Å²) in [7, 11) is 0.